The summed E-state index contributed by atoms with van der Waals surface area (Å²) in [5.74, 6) is -1.69. The first kappa shape index (κ1) is 12.7. The highest BCUT2D eigenvalue weighted by molar-refractivity contribution is 6.18. The molecule has 0 heterocycles. The molecule has 3 N–H and O–H groups in total. The fourth-order valence-corrected chi connectivity index (χ4v) is 1.24. The molecule has 0 aliphatic heterocycles. The van der Waals surface area contributed by atoms with Gasteiger partial charge >= 0.3 is 5.97 Å². The monoisotopic (exact) mass is 247 g/mol. The van der Waals surface area contributed by atoms with Gasteiger partial charge in [0.15, 0.2) is 0 Å². The van der Waals surface area contributed by atoms with Crippen LogP contribution in [0.4, 0.5) is 10.1 Å². The summed E-state index contributed by atoms with van der Waals surface area (Å²) in [7, 11) is 0. The third-order valence-corrected chi connectivity index (χ3v) is 2.27. The molecule has 0 radical (unpaired) electrons. The highest BCUT2D eigenvalue weighted by Gasteiger charge is 2.11. The third kappa shape index (κ3) is 3.36. The third-order valence-electron chi connectivity index (χ3n) is 1.92. The number of carbonyl (C=O) groups is 1. The molecule has 4 nitrogen and oxygen atoms in total. The van der Waals surface area contributed by atoms with Crippen LogP contribution in [-0.4, -0.2) is 34.7 Å². The maximum Gasteiger partial charge on any atom is 0.337 e. The number of nitrogens with one attached hydrogen (secondary N) is 1. The van der Waals surface area contributed by atoms with E-state index in [1.807, 2.05) is 0 Å². The van der Waals surface area contributed by atoms with Crippen LogP contribution in [0.5, 0.6) is 0 Å². The molecule has 0 aliphatic carbocycles. The van der Waals surface area contributed by atoms with E-state index in [0.29, 0.717) is 0 Å². The summed E-state index contributed by atoms with van der Waals surface area (Å²) < 4.78 is 12.9. The number of hydrogen-bond acceptors (Lipinski definition) is 3. The molecule has 0 aromatic heterocycles. The molecule has 6 heteroatoms. The number of halogens is 2. The lowest BCUT2D eigenvalue weighted by molar-refractivity contribution is 0.0697. The van der Waals surface area contributed by atoms with Gasteiger partial charge in [-0.05, 0) is 18.2 Å². The molecule has 0 bridgehead atoms. The van der Waals surface area contributed by atoms with E-state index in [1.165, 1.54) is 0 Å². The van der Waals surface area contributed by atoms with Crippen molar-refractivity contribution in [1.29, 1.82) is 0 Å². The van der Waals surface area contributed by atoms with Crippen LogP contribution in [0.3, 0.4) is 0 Å². The molecule has 1 rings (SSSR count). The van der Waals surface area contributed by atoms with Gasteiger partial charge in [0.05, 0.1) is 23.2 Å². The summed E-state index contributed by atoms with van der Waals surface area (Å²) in [6, 6.07) is 3.28. The molecular weight excluding hydrogens is 237 g/mol. The molecule has 0 aliphatic rings. The van der Waals surface area contributed by atoms with Gasteiger partial charge in [-0.15, -0.1) is 11.6 Å². The smallest absolute Gasteiger partial charge is 0.337 e. The average Bonchev–Trinajstić information content (AvgIpc) is 2.25. The number of rotatable bonds is 5. The predicted molar refractivity (Wildman–Crippen MR) is 58.6 cm³/mol. The van der Waals surface area contributed by atoms with Gasteiger partial charge < -0.3 is 15.5 Å². The highest BCUT2D eigenvalue weighted by atomic mass is 35.5. The summed E-state index contributed by atoms with van der Waals surface area (Å²) in [5, 5.41) is 20.6. The molecule has 1 aromatic rings. The molecule has 1 aromatic carbocycles. The summed E-state index contributed by atoms with van der Waals surface area (Å²) in [4.78, 5) is 10.8. The molecule has 1 unspecified atom stereocenters. The zero-order valence-corrected chi connectivity index (χ0v) is 9.04. The Hall–Kier alpha value is -1.33. The molecule has 16 heavy (non-hydrogen) atoms. The Balaban J connectivity index is 2.84. The van der Waals surface area contributed by atoms with E-state index < -0.39 is 17.9 Å². The van der Waals surface area contributed by atoms with E-state index in [0.717, 1.165) is 18.2 Å². The second kappa shape index (κ2) is 5.67. The Kier molecular flexibility index (Phi) is 4.52. The van der Waals surface area contributed by atoms with Crippen molar-refractivity contribution in [3.63, 3.8) is 0 Å². The molecule has 0 fully saturated rings. The first-order valence-corrected chi connectivity index (χ1v) is 5.08. The molecule has 0 saturated carbocycles. The van der Waals surface area contributed by atoms with Gasteiger partial charge in [0.1, 0.15) is 5.82 Å². The van der Waals surface area contributed by atoms with Gasteiger partial charge in [-0.2, -0.15) is 0 Å². The number of carboxylic acid groups (broad SMARTS) is 1. The largest absolute Gasteiger partial charge is 0.478 e. The van der Waals surface area contributed by atoms with Crippen LogP contribution < -0.4 is 5.32 Å². The normalized spacial score (nSPS) is 12.2. The predicted octanol–water partition coefficient (Wildman–Crippen LogP) is 1.54. The number of alkyl halides is 1. The maximum absolute atomic E-state index is 12.9. The Morgan fingerprint density at radius 2 is 2.25 bits per heavy atom. The molecule has 0 saturated heterocycles. The minimum atomic E-state index is -1.16. The van der Waals surface area contributed by atoms with Crippen LogP contribution in [0.1, 0.15) is 10.4 Å². The van der Waals surface area contributed by atoms with E-state index >= 15 is 0 Å². The van der Waals surface area contributed by atoms with Crippen molar-refractivity contribution in [2.45, 2.75) is 6.10 Å². The van der Waals surface area contributed by atoms with Crippen molar-refractivity contribution in [2.24, 2.45) is 0 Å². The molecule has 88 valence electrons. The van der Waals surface area contributed by atoms with Gasteiger partial charge in [0.25, 0.3) is 0 Å². The highest BCUT2D eigenvalue weighted by Crippen LogP contribution is 2.17. The zero-order chi connectivity index (χ0) is 12.1. The Labute approximate surface area is 96.7 Å². The van der Waals surface area contributed by atoms with Crippen molar-refractivity contribution in [3.05, 3.63) is 29.6 Å². The average molecular weight is 248 g/mol. The number of hydrogen-bond donors (Lipinski definition) is 3. The number of aliphatic hydroxyl groups is 1. The van der Waals surface area contributed by atoms with Gasteiger partial charge in [0, 0.05) is 6.54 Å². The summed E-state index contributed by atoms with van der Waals surface area (Å²) >= 11 is 5.37. The zero-order valence-electron chi connectivity index (χ0n) is 8.28. The maximum atomic E-state index is 12.9. The number of carboxylic acids is 1. The SMILES string of the molecule is O=C(O)c1ccc(F)cc1NCC(O)CCl. The standard InChI is InChI=1S/C10H11ClFNO3/c11-4-7(14)5-13-9-3-6(12)1-2-8(9)10(15)16/h1-3,7,13-14H,4-5H2,(H,15,16). The van der Waals surface area contributed by atoms with Gasteiger partial charge in [-0.25, -0.2) is 9.18 Å². The lowest BCUT2D eigenvalue weighted by Crippen LogP contribution is -2.21. The van der Waals surface area contributed by atoms with Crippen molar-refractivity contribution < 1.29 is 19.4 Å². The minimum Gasteiger partial charge on any atom is -0.478 e. The van der Waals surface area contributed by atoms with E-state index in [1.54, 1.807) is 0 Å². The first-order chi connectivity index (χ1) is 7.54. The second-order valence-electron chi connectivity index (χ2n) is 3.18. The minimum absolute atomic E-state index is 0.0186. The Bertz CT molecular complexity index is 386. The lowest BCUT2D eigenvalue weighted by Gasteiger charge is -2.12. The molecule has 0 amide bonds. The van der Waals surface area contributed by atoms with Gasteiger partial charge in [0.2, 0.25) is 0 Å². The number of aromatic carboxylic acids is 1. The quantitative estimate of drug-likeness (QED) is 0.691. The molecule has 0 spiro atoms. The van der Waals surface area contributed by atoms with Crippen LogP contribution in [0.2, 0.25) is 0 Å². The van der Waals surface area contributed by atoms with E-state index in [9.17, 15) is 14.3 Å². The van der Waals surface area contributed by atoms with E-state index in [-0.39, 0.29) is 23.7 Å². The van der Waals surface area contributed by atoms with Crippen molar-refractivity contribution in [1.82, 2.24) is 0 Å². The van der Waals surface area contributed by atoms with Gasteiger partial charge in [-0.1, -0.05) is 0 Å². The fraction of sp³-hybridized carbons (Fsp3) is 0.300. The van der Waals surface area contributed by atoms with Crippen molar-refractivity contribution in [3.8, 4) is 0 Å². The topological polar surface area (TPSA) is 69.6 Å². The molecule has 1 atom stereocenters. The van der Waals surface area contributed by atoms with Crippen LogP contribution >= 0.6 is 11.6 Å². The fourth-order valence-electron chi connectivity index (χ4n) is 1.13. The van der Waals surface area contributed by atoms with Crippen LogP contribution in [0.25, 0.3) is 0 Å². The summed E-state index contributed by atoms with van der Waals surface area (Å²) in [6.45, 7) is 0.0627. The van der Waals surface area contributed by atoms with E-state index in [2.05, 4.69) is 5.32 Å². The Morgan fingerprint density at radius 3 is 2.81 bits per heavy atom. The van der Waals surface area contributed by atoms with E-state index in [4.69, 9.17) is 16.7 Å². The van der Waals surface area contributed by atoms with Crippen molar-refractivity contribution in [2.75, 3.05) is 17.7 Å². The van der Waals surface area contributed by atoms with Crippen LogP contribution in [0, 0.1) is 5.82 Å². The summed E-state index contributed by atoms with van der Waals surface area (Å²) in [5.41, 5.74) is 0.0693. The Morgan fingerprint density at radius 1 is 1.56 bits per heavy atom. The molecular formula is C10H11ClFNO3. The lowest BCUT2D eigenvalue weighted by atomic mass is 10.1. The summed E-state index contributed by atoms with van der Waals surface area (Å²) in [6.07, 6.45) is -0.813. The number of anilines is 1. The van der Waals surface area contributed by atoms with Gasteiger partial charge in [-0.3, -0.25) is 0 Å². The van der Waals surface area contributed by atoms with Crippen molar-refractivity contribution >= 4 is 23.3 Å². The van der Waals surface area contributed by atoms with Crippen LogP contribution in [0.15, 0.2) is 18.2 Å². The number of aliphatic hydroxyl groups excluding tert-OH is 1. The number of benzene rings is 1. The van der Waals surface area contributed by atoms with Crippen LogP contribution in [-0.2, 0) is 0 Å². The first-order valence-electron chi connectivity index (χ1n) is 4.55. The second-order valence-corrected chi connectivity index (χ2v) is 3.49.